The fourth-order valence-corrected chi connectivity index (χ4v) is 3.86. The third kappa shape index (κ3) is 7.53. The number of nitrogens with zero attached hydrogens (tertiary/aromatic N) is 3. The Balaban J connectivity index is 0.000000538. The molecular formula is C27H31N3O6. The molecule has 1 fully saturated rings. The maximum absolute atomic E-state index is 9.10. The summed E-state index contributed by atoms with van der Waals surface area (Å²) >= 11 is 0. The Morgan fingerprint density at radius 2 is 1.69 bits per heavy atom. The van der Waals surface area contributed by atoms with Crippen LogP contribution in [-0.2, 0) is 9.59 Å². The number of rotatable bonds is 7. The van der Waals surface area contributed by atoms with E-state index in [0.717, 1.165) is 55.5 Å². The van der Waals surface area contributed by atoms with E-state index < -0.39 is 11.9 Å². The molecular weight excluding hydrogens is 462 g/mol. The second-order valence-electron chi connectivity index (χ2n) is 8.10. The molecule has 4 rings (SSSR count). The summed E-state index contributed by atoms with van der Waals surface area (Å²) < 4.78 is 5.51. The van der Waals surface area contributed by atoms with Crippen molar-refractivity contribution in [2.24, 2.45) is 0 Å². The van der Waals surface area contributed by atoms with E-state index in [9.17, 15) is 0 Å². The van der Waals surface area contributed by atoms with Crippen LogP contribution in [0.15, 0.2) is 54.6 Å². The van der Waals surface area contributed by atoms with E-state index in [1.165, 1.54) is 10.8 Å². The normalized spacial score (nSPS) is 13.9. The number of likely N-dealkylation sites (N-methyl/N-ethyl adjacent to an activating group) is 1. The first kappa shape index (κ1) is 26.7. The van der Waals surface area contributed by atoms with E-state index in [0.29, 0.717) is 6.61 Å². The van der Waals surface area contributed by atoms with Gasteiger partial charge in [0.1, 0.15) is 18.2 Å². The van der Waals surface area contributed by atoms with Crippen LogP contribution in [0.3, 0.4) is 0 Å². The highest BCUT2D eigenvalue weighted by Gasteiger charge is 2.19. The summed E-state index contributed by atoms with van der Waals surface area (Å²) in [4.78, 5) is 28.1. The first-order valence-corrected chi connectivity index (χ1v) is 11.8. The molecule has 0 saturated carbocycles. The van der Waals surface area contributed by atoms with Gasteiger partial charge in [0, 0.05) is 31.6 Å². The summed E-state index contributed by atoms with van der Waals surface area (Å²) in [7, 11) is 0. The lowest BCUT2D eigenvalue weighted by molar-refractivity contribution is -0.159. The molecule has 3 aromatic rings. The molecule has 1 aliphatic heterocycles. The number of piperazine rings is 1. The Labute approximate surface area is 209 Å². The number of carboxylic acids is 2. The van der Waals surface area contributed by atoms with Gasteiger partial charge in [0.15, 0.2) is 0 Å². The van der Waals surface area contributed by atoms with E-state index in [1.54, 1.807) is 0 Å². The summed E-state index contributed by atoms with van der Waals surface area (Å²) in [6, 6.07) is 18.5. The Morgan fingerprint density at radius 3 is 2.36 bits per heavy atom. The molecule has 3 N–H and O–H groups in total. The number of aliphatic carboxylic acids is 2. The minimum atomic E-state index is -1.82. The summed E-state index contributed by atoms with van der Waals surface area (Å²) in [5.74, 6) is -1.82. The van der Waals surface area contributed by atoms with Gasteiger partial charge in [0.05, 0.1) is 12.3 Å². The molecule has 2 aromatic carbocycles. The molecule has 9 nitrogen and oxygen atoms in total. The Hall–Kier alpha value is -3.95. The molecule has 1 aromatic heterocycles. The summed E-state index contributed by atoms with van der Waals surface area (Å²) in [6.07, 6.45) is 4.12. The lowest BCUT2D eigenvalue weighted by Gasteiger charge is -2.35. The molecule has 0 aliphatic carbocycles. The number of ether oxygens (including phenoxy) is 1. The third-order valence-corrected chi connectivity index (χ3v) is 5.71. The lowest BCUT2D eigenvalue weighted by Crippen LogP contribution is -2.46. The van der Waals surface area contributed by atoms with Gasteiger partial charge in [0.25, 0.3) is 0 Å². The minimum absolute atomic E-state index is 0.0103. The van der Waals surface area contributed by atoms with Crippen LogP contribution in [0.5, 0.6) is 5.75 Å². The van der Waals surface area contributed by atoms with E-state index in [2.05, 4.69) is 59.2 Å². The van der Waals surface area contributed by atoms with Crippen LogP contribution in [0, 0.1) is 0 Å². The fourth-order valence-electron chi connectivity index (χ4n) is 3.86. The van der Waals surface area contributed by atoms with Gasteiger partial charge < -0.3 is 29.9 Å². The molecule has 9 heteroatoms. The van der Waals surface area contributed by atoms with Gasteiger partial charge in [-0.2, -0.15) is 0 Å². The molecule has 0 bridgehead atoms. The Kier molecular flexibility index (Phi) is 9.79. The van der Waals surface area contributed by atoms with Crippen molar-refractivity contribution in [2.45, 2.75) is 6.92 Å². The average Bonchev–Trinajstić information content (AvgIpc) is 2.91. The molecule has 0 amide bonds. The zero-order valence-corrected chi connectivity index (χ0v) is 20.2. The van der Waals surface area contributed by atoms with E-state index in [4.69, 9.17) is 34.6 Å². The molecule has 1 aliphatic rings. The summed E-state index contributed by atoms with van der Waals surface area (Å²) in [5.41, 5.74) is 1.99. The maximum atomic E-state index is 9.10. The zero-order chi connectivity index (χ0) is 25.9. The highest BCUT2D eigenvalue weighted by Crippen LogP contribution is 2.27. The second kappa shape index (κ2) is 13.2. The first-order valence-electron chi connectivity index (χ1n) is 11.8. The van der Waals surface area contributed by atoms with Crippen LogP contribution >= 0.6 is 0 Å². The van der Waals surface area contributed by atoms with Crippen molar-refractivity contribution in [3.05, 3.63) is 65.9 Å². The second-order valence-corrected chi connectivity index (χ2v) is 8.10. The van der Waals surface area contributed by atoms with Crippen LogP contribution in [0.1, 0.15) is 18.2 Å². The van der Waals surface area contributed by atoms with Gasteiger partial charge in [-0.05, 0) is 41.8 Å². The number of carboxylic acid groups (broad SMARTS) is 2. The standard InChI is InChI=1S/C25H29N3O2.C2H2O4/c1-2-27-12-14-28(15-13-27)25-24-9-4-3-7-21(24)19-22(26-25)11-10-20-6-5-8-23(18-20)30-17-16-29;3-1(4)2(5)6/h3-11,18-19,29H,2,12-17H2,1H3;(H,3,4)(H,5,6). The number of carbonyl (C=O) groups is 2. The fraction of sp³-hybridized carbons (Fsp3) is 0.296. The topological polar surface area (TPSA) is 123 Å². The van der Waals surface area contributed by atoms with Crippen molar-refractivity contribution in [1.29, 1.82) is 0 Å². The van der Waals surface area contributed by atoms with Crippen molar-refractivity contribution in [3.8, 4) is 5.75 Å². The van der Waals surface area contributed by atoms with Crippen LogP contribution in [0.25, 0.3) is 22.9 Å². The number of fused-ring (bicyclic) bond motifs is 1. The number of pyridine rings is 1. The minimum Gasteiger partial charge on any atom is -0.491 e. The van der Waals surface area contributed by atoms with E-state index in [1.807, 2.05) is 24.3 Å². The van der Waals surface area contributed by atoms with Crippen molar-refractivity contribution >= 4 is 40.7 Å². The number of anilines is 1. The Bertz CT molecular complexity index is 1190. The van der Waals surface area contributed by atoms with E-state index in [-0.39, 0.29) is 6.61 Å². The number of aromatic nitrogens is 1. The predicted octanol–water partition coefficient (Wildman–Crippen LogP) is 3.07. The monoisotopic (exact) mass is 493 g/mol. The highest BCUT2D eigenvalue weighted by atomic mass is 16.5. The van der Waals surface area contributed by atoms with Crippen LogP contribution in [-0.4, -0.2) is 83.1 Å². The maximum Gasteiger partial charge on any atom is 0.414 e. The van der Waals surface area contributed by atoms with Gasteiger partial charge in [-0.1, -0.05) is 49.4 Å². The quantitative estimate of drug-likeness (QED) is 0.426. The summed E-state index contributed by atoms with van der Waals surface area (Å²) in [5, 5.41) is 26.1. The van der Waals surface area contributed by atoms with Crippen molar-refractivity contribution in [3.63, 3.8) is 0 Å². The number of benzene rings is 2. The third-order valence-electron chi connectivity index (χ3n) is 5.71. The van der Waals surface area contributed by atoms with Crippen molar-refractivity contribution < 1.29 is 29.6 Å². The van der Waals surface area contributed by atoms with Crippen molar-refractivity contribution in [2.75, 3.05) is 50.8 Å². The molecule has 0 unspecified atom stereocenters. The zero-order valence-electron chi connectivity index (χ0n) is 20.2. The largest absolute Gasteiger partial charge is 0.491 e. The molecule has 190 valence electrons. The van der Waals surface area contributed by atoms with Crippen molar-refractivity contribution in [1.82, 2.24) is 9.88 Å². The van der Waals surface area contributed by atoms with Gasteiger partial charge in [0.2, 0.25) is 0 Å². The molecule has 36 heavy (non-hydrogen) atoms. The number of aliphatic hydroxyl groups excluding tert-OH is 1. The molecule has 0 atom stereocenters. The van der Waals surface area contributed by atoms with Gasteiger partial charge in [-0.25, -0.2) is 14.6 Å². The number of aliphatic hydroxyl groups is 1. The smallest absolute Gasteiger partial charge is 0.414 e. The highest BCUT2D eigenvalue weighted by molar-refractivity contribution is 6.27. The van der Waals surface area contributed by atoms with Crippen LogP contribution < -0.4 is 9.64 Å². The van der Waals surface area contributed by atoms with Gasteiger partial charge in [-0.15, -0.1) is 0 Å². The SMILES string of the molecule is CCN1CCN(c2nc(C=Cc3cccc(OCCO)c3)cc3ccccc23)CC1.O=C(O)C(=O)O. The predicted molar refractivity (Wildman–Crippen MR) is 139 cm³/mol. The van der Waals surface area contributed by atoms with Gasteiger partial charge >= 0.3 is 11.9 Å². The lowest BCUT2D eigenvalue weighted by atomic mass is 10.1. The summed E-state index contributed by atoms with van der Waals surface area (Å²) in [6.45, 7) is 7.79. The Morgan fingerprint density at radius 1 is 0.972 bits per heavy atom. The average molecular weight is 494 g/mol. The van der Waals surface area contributed by atoms with Crippen LogP contribution in [0.2, 0.25) is 0 Å². The van der Waals surface area contributed by atoms with Crippen LogP contribution in [0.4, 0.5) is 5.82 Å². The number of hydrogen-bond acceptors (Lipinski definition) is 7. The number of hydrogen-bond donors (Lipinski definition) is 3. The molecule has 0 radical (unpaired) electrons. The molecule has 1 saturated heterocycles. The first-order chi connectivity index (χ1) is 17.4. The van der Waals surface area contributed by atoms with E-state index >= 15 is 0 Å². The molecule has 2 heterocycles. The van der Waals surface area contributed by atoms with Gasteiger partial charge in [-0.3, -0.25) is 0 Å². The molecule has 0 spiro atoms.